The lowest BCUT2D eigenvalue weighted by molar-refractivity contribution is 0.112. The maximum absolute atomic E-state index is 10.6. The van der Waals surface area contributed by atoms with Gasteiger partial charge in [0.05, 0.1) is 11.3 Å². The monoisotopic (exact) mass is 202 g/mol. The molecule has 0 spiro atoms. The molecule has 1 aromatic heterocycles. The van der Waals surface area contributed by atoms with E-state index in [-0.39, 0.29) is 5.75 Å². The average molecular weight is 202 g/mol. The number of para-hydroxylation sites is 2. The molecule has 15 heavy (non-hydrogen) atoms. The minimum Gasteiger partial charge on any atom is -0.506 e. The number of carbonyl (C=O) groups excluding carboxylic acids is 1. The van der Waals surface area contributed by atoms with Crippen LogP contribution >= 0.6 is 0 Å². The van der Waals surface area contributed by atoms with Gasteiger partial charge in [-0.1, -0.05) is 12.1 Å². The second-order valence-electron chi connectivity index (χ2n) is 3.22. The van der Waals surface area contributed by atoms with Crippen molar-refractivity contribution in [1.82, 2.24) is 9.78 Å². The molecule has 4 nitrogen and oxygen atoms in total. The Morgan fingerprint density at radius 2 is 2.13 bits per heavy atom. The molecule has 0 unspecified atom stereocenters. The molecule has 0 bridgehead atoms. The van der Waals surface area contributed by atoms with Crippen molar-refractivity contribution in [3.8, 4) is 11.4 Å². The molecule has 4 heteroatoms. The van der Waals surface area contributed by atoms with E-state index in [9.17, 15) is 9.90 Å². The lowest BCUT2D eigenvalue weighted by Crippen LogP contribution is -1.94. The number of phenolic OH excluding ortho intramolecular Hbond substituents is 1. The van der Waals surface area contributed by atoms with Crippen LogP contribution in [0.1, 0.15) is 16.1 Å². The Bertz CT molecular complexity index is 503. The fourth-order valence-corrected chi connectivity index (χ4v) is 1.37. The quantitative estimate of drug-likeness (QED) is 0.754. The van der Waals surface area contributed by atoms with Gasteiger partial charge in [-0.2, -0.15) is 5.10 Å². The molecule has 0 saturated heterocycles. The van der Waals surface area contributed by atoms with Gasteiger partial charge in [0.15, 0.2) is 6.29 Å². The molecule has 0 aliphatic heterocycles. The maximum atomic E-state index is 10.6. The molecule has 0 saturated carbocycles. The highest BCUT2D eigenvalue weighted by Gasteiger charge is 2.07. The summed E-state index contributed by atoms with van der Waals surface area (Å²) in [5.41, 5.74) is 1.74. The number of carbonyl (C=O) groups is 1. The summed E-state index contributed by atoms with van der Waals surface area (Å²) in [4.78, 5) is 10.6. The first-order valence-corrected chi connectivity index (χ1v) is 4.52. The Hall–Kier alpha value is -2.10. The van der Waals surface area contributed by atoms with Crippen molar-refractivity contribution in [2.45, 2.75) is 6.92 Å². The third kappa shape index (κ3) is 1.61. The second-order valence-corrected chi connectivity index (χ2v) is 3.22. The number of phenols is 1. The van der Waals surface area contributed by atoms with Gasteiger partial charge >= 0.3 is 0 Å². The van der Waals surface area contributed by atoms with Crippen LogP contribution < -0.4 is 0 Å². The molecule has 0 aliphatic carbocycles. The summed E-state index contributed by atoms with van der Waals surface area (Å²) < 4.78 is 1.49. The van der Waals surface area contributed by atoms with E-state index in [1.54, 1.807) is 37.4 Å². The summed E-state index contributed by atoms with van der Waals surface area (Å²) in [6, 6.07) is 6.84. The van der Waals surface area contributed by atoms with Gasteiger partial charge in [0, 0.05) is 6.20 Å². The summed E-state index contributed by atoms with van der Waals surface area (Å²) in [5.74, 6) is 0.137. The number of aldehydes is 1. The first-order chi connectivity index (χ1) is 7.22. The summed E-state index contributed by atoms with van der Waals surface area (Å²) in [6.07, 6.45) is 2.34. The molecule has 1 heterocycles. The van der Waals surface area contributed by atoms with Gasteiger partial charge in [-0.3, -0.25) is 4.79 Å². The number of aromatic hydroxyl groups is 1. The van der Waals surface area contributed by atoms with Crippen LogP contribution in [0.5, 0.6) is 5.75 Å². The van der Waals surface area contributed by atoms with Crippen LogP contribution in [0.25, 0.3) is 5.69 Å². The number of hydrogen-bond acceptors (Lipinski definition) is 3. The van der Waals surface area contributed by atoms with E-state index >= 15 is 0 Å². The molecule has 1 aromatic carbocycles. The SMILES string of the molecule is Cc1nn(-c2ccccc2O)cc1C=O. The van der Waals surface area contributed by atoms with Gasteiger partial charge in [-0.05, 0) is 19.1 Å². The Kier molecular flexibility index (Phi) is 2.25. The highest BCUT2D eigenvalue weighted by Crippen LogP contribution is 2.20. The predicted molar refractivity (Wildman–Crippen MR) is 55.4 cm³/mol. The van der Waals surface area contributed by atoms with E-state index in [4.69, 9.17) is 0 Å². The zero-order valence-electron chi connectivity index (χ0n) is 8.21. The minimum absolute atomic E-state index is 0.137. The molecule has 0 fully saturated rings. The van der Waals surface area contributed by atoms with Crippen LogP contribution in [0.4, 0.5) is 0 Å². The van der Waals surface area contributed by atoms with Gasteiger partial charge in [0.2, 0.25) is 0 Å². The zero-order valence-corrected chi connectivity index (χ0v) is 8.21. The number of aryl methyl sites for hydroxylation is 1. The molecule has 0 radical (unpaired) electrons. The van der Waals surface area contributed by atoms with Crippen molar-refractivity contribution >= 4 is 6.29 Å². The predicted octanol–water partition coefficient (Wildman–Crippen LogP) is 1.70. The summed E-state index contributed by atoms with van der Waals surface area (Å²) in [6.45, 7) is 1.75. The van der Waals surface area contributed by atoms with Crippen molar-refractivity contribution < 1.29 is 9.90 Å². The van der Waals surface area contributed by atoms with Gasteiger partial charge in [0.1, 0.15) is 11.4 Å². The van der Waals surface area contributed by atoms with Gasteiger partial charge in [-0.15, -0.1) is 0 Å². The summed E-state index contributed by atoms with van der Waals surface area (Å²) in [5, 5.41) is 13.7. The molecule has 2 rings (SSSR count). The molecular formula is C11H10N2O2. The molecular weight excluding hydrogens is 192 g/mol. The van der Waals surface area contributed by atoms with E-state index in [1.807, 2.05) is 0 Å². The van der Waals surface area contributed by atoms with Crippen LogP contribution in [-0.4, -0.2) is 21.2 Å². The minimum atomic E-state index is 0.137. The first-order valence-electron chi connectivity index (χ1n) is 4.52. The van der Waals surface area contributed by atoms with Crippen molar-refractivity contribution in [3.05, 3.63) is 41.7 Å². The fraction of sp³-hybridized carbons (Fsp3) is 0.0909. The highest BCUT2D eigenvalue weighted by atomic mass is 16.3. The molecule has 2 aromatic rings. The molecule has 76 valence electrons. The largest absolute Gasteiger partial charge is 0.506 e. The van der Waals surface area contributed by atoms with Gasteiger partial charge in [-0.25, -0.2) is 4.68 Å². The first kappa shape index (κ1) is 9.45. The van der Waals surface area contributed by atoms with Crippen LogP contribution in [-0.2, 0) is 0 Å². The Balaban J connectivity index is 2.55. The van der Waals surface area contributed by atoms with Crippen LogP contribution in [0, 0.1) is 6.92 Å². The molecule has 1 N–H and O–H groups in total. The number of nitrogens with zero attached hydrogens (tertiary/aromatic N) is 2. The van der Waals surface area contributed by atoms with Crippen molar-refractivity contribution in [2.75, 3.05) is 0 Å². The van der Waals surface area contributed by atoms with E-state index in [0.717, 1.165) is 6.29 Å². The smallest absolute Gasteiger partial charge is 0.153 e. The third-order valence-electron chi connectivity index (χ3n) is 2.19. The van der Waals surface area contributed by atoms with Crippen LogP contribution in [0.2, 0.25) is 0 Å². The van der Waals surface area contributed by atoms with E-state index < -0.39 is 0 Å². The van der Waals surface area contributed by atoms with E-state index in [0.29, 0.717) is 16.9 Å². The maximum Gasteiger partial charge on any atom is 0.153 e. The lowest BCUT2D eigenvalue weighted by Gasteiger charge is -2.02. The van der Waals surface area contributed by atoms with Gasteiger partial charge in [0.25, 0.3) is 0 Å². The highest BCUT2D eigenvalue weighted by molar-refractivity contribution is 5.76. The van der Waals surface area contributed by atoms with E-state index in [1.165, 1.54) is 4.68 Å². The third-order valence-corrected chi connectivity index (χ3v) is 2.19. The molecule has 0 atom stereocenters. The molecule has 0 aliphatic rings. The zero-order chi connectivity index (χ0) is 10.8. The average Bonchev–Trinajstić information content (AvgIpc) is 2.60. The van der Waals surface area contributed by atoms with Crippen molar-refractivity contribution in [3.63, 3.8) is 0 Å². The van der Waals surface area contributed by atoms with Crippen molar-refractivity contribution in [2.24, 2.45) is 0 Å². The topological polar surface area (TPSA) is 55.1 Å². The second kappa shape index (κ2) is 3.57. The van der Waals surface area contributed by atoms with Gasteiger partial charge < -0.3 is 5.11 Å². The normalized spacial score (nSPS) is 10.2. The summed E-state index contributed by atoms with van der Waals surface area (Å²) >= 11 is 0. The number of benzene rings is 1. The Morgan fingerprint density at radius 3 is 2.73 bits per heavy atom. The Morgan fingerprint density at radius 1 is 1.40 bits per heavy atom. The Labute approximate surface area is 86.8 Å². The fourth-order valence-electron chi connectivity index (χ4n) is 1.37. The summed E-state index contributed by atoms with van der Waals surface area (Å²) in [7, 11) is 0. The number of hydrogen-bond donors (Lipinski definition) is 1. The molecule has 0 amide bonds. The number of rotatable bonds is 2. The van der Waals surface area contributed by atoms with Crippen LogP contribution in [0.15, 0.2) is 30.5 Å². The van der Waals surface area contributed by atoms with E-state index in [2.05, 4.69) is 5.10 Å². The lowest BCUT2D eigenvalue weighted by atomic mass is 10.3. The van der Waals surface area contributed by atoms with Crippen molar-refractivity contribution in [1.29, 1.82) is 0 Å². The standard InChI is InChI=1S/C11H10N2O2/c1-8-9(7-14)6-13(12-8)10-4-2-3-5-11(10)15/h2-7,15H,1H3. The van der Waals surface area contributed by atoms with Crippen LogP contribution in [0.3, 0.4) is 0 Å². The number of aromatic nitrogens is 2.